The summed E-state index contributed by atoms with van der Waals surface area (Å²) in [4.78, 5) is 22.9. The number of non-ortho nitro benzene ring substituents is 1. The molecule has 0 aliphatic rings. The smallest absolute Gasteiger partial charge is 0.281 e. The summed E-state index contributed by atoms with van der Waals surface area (Å²) < 4.78 is 1.76. The van der Waals surface area contributed by atoms with Gasteiger partial charge in [0.2, 0.25) is 0 Å². The van der Waals surface area contributed by atoms with E-state index in [2.05, 4.69) is 42.4 Å². The number of benzene rings is 2. The fraction of sp³-hybridized carbons (Fsp3) is 0. The second-order valence-corrected chi connectivity index (χ2v) is 7.91. The number of rotatable bonds is 4. The van der Waals surface area contributed by atoms with Gasteiger partial charge in [0.25, 0.3) is 11.6 Å². The van der Waals surface area contributed by atoms with Crippen LogP contribution in [0.15, 0.2) is 50.4 Å². The maximum Gasteiger partial charge on any atom is 0.281 e. The average Bonchev–Trinajstić information content (AvgIpc) is 3.02. The third-order valence-corrected chi connectivity index (χ3v) is 5.68. The summed E-state index contributed by atoms with van der Waals surface area (Å²) in [6.45, 7) is 0. The number of nitro benzene ring substituents is 1. The third-order valence-electron chi connectivity index (χ3n) is 3.35. The minimum Gasteiger partial charge on any atom is -0.506 e. The Kier molecular flexibility index (Phi) is 5.35. The van der Waals surface area contributed by atoms with Crippen molar-refractivity contribution in [2.45, 2.75) is 0 Å². The van der Waals surface area contributed by atoms with Crippen LogP contribution >= 0.6 is 43.2 Å². The van der Waals surface area contributed by atoms with Crippen LogP contribution in [-0.2, 0) is 0 Å². The largest absolute Gasteiger partial charge is 0.506 e. The normalized spacial score (nSPS) is 11.2. The number of nitrogens with zero attached hydrogens (tertiary/aromatic N) is 2. The van der Waals surface area contributed by atoms with Gasteiger partial charge in [-0.15, -0.1) is 11.3 Å². The van der Waals surface area contributed by atoms with E-state index >= 15 is 0 Å². The molecule has 3 rings (SSSR count). The number of thiophene rings is 1. The molecule has 2 aromatic carbocycles. The molecule has 0 radical (unpaired) electrons. The lowest BCUT2D eigenvalue weighted by Gasteiger charge is -2.02. The number of aromatic hydroxyl groups is 1. The molecule has 0 atom stereocenters. The Bertz CT molecular complexity index is 1040. The number of carbonyl (C=O) groups is 1. The Morgan fingerprint density at radius 1 is 1.23 bits per heavy atom. The Morgan fingerprint density at radius 3 is 2.58 bits per heavy atom. The van der Waals surface area contributed by atoms with Crippen LogP contribution in [0.2, 0.25) is 0 Å². The Hall–Kier alpha value is -2.30. The first-order valence-electron chi connectivity index (χ1n) is 7.04. The van der Waals surface area contributed by atoms with E-state index in [0.29, 0.717) is 24.8 Å². The number of nitro groups is 1. The van der Waals surface area contributed by atoms with Gasteiger partial charge in [-0.1, -0.05) is 0 Å². The van der Waals surface area contributed by atoms with Gasteiger partial charge in [-0.05, 0) is 61.7 Å². The minimum atomic E-state index is -0.477. The molecule has 3 aromatic rings. The molecule has 0 bridgehead atoms. The number of fused-ring (bicyclic) bond motifs is 1. The minimum absolute atomic E-state index is 0.0243. The maximum absolute atomic E-state index is 12.2. The van der Waals surface area contributed by atoms with Gasteiger partial charge >= 0.3 is 0 Å². The number of halogens is 2. The van der Waals surface area contributed by atoms with E-state index in [9.17, 15) is 20.0 Å². The summed E-state index contributed by atoms with van der Waals surface area (Å²) in [6.07, 6.45) is 1.44. The molecule has 0 saturated carbocycles. The highest BCUT2D eigenvalue weighted by molar-refractivity contribution is 9.11. The van der Waals surface area contributed by atoms with Gasteiger partial charge in [-0.25, -0.2) is 5.43 Å². The van der Waals surface area contributed by atoms with Crippen molar-refractivity contribution in [2.75, 3.05) is 0 Å². The first-order chi connectivity index (χ1) is 12.3. The van der Waals surface area contributed by atoms with Crippen molar-refractivity contribution >= 4 is 71.1 Å². The maximum atomic E-state index is 12.2. The van der Waals surface area contributed by atoms with E-state index in [4.69, 9.17) is 0 Å². The van der Waals surface area contributed by atoms with Gasteiger partial charge in [0.15, 0.2) is 0 Å². The van der Waals surface area contributed by atoms with Gasteiger partial charge in [0.05, 0.1) is 25.0 Å². The van der Waals surface area contributed by atoms with Crippen molar-refractivity contribution in [3.05, 3.63) is 65.9 Å². The van der Waals surface area contributed by atoms with Crippen LogP contribution in [0, 0.1) is 10.1 Å². The molecule has 1 heterocycles. The molecule has 132 valence electrons. The summed E-state index contributed by atoms with van der Waals surface area (Å²) in [5.74, 6) is -0.340. The fourth-order valence-electron chi connectivity index (χ4n) is 2.14. The van der Waals surface area contributed by atoms with Crippen LogP contribution in [0.25, 0.3) is 10.1 Å². The second kappa shape index (κ2) is 7.52. The van der Waals surface area contributed by atoms with Crippen LogP contribution in [0.1, 0.15) is 15.2 Å². The molecule has 1 amide bonds. The summed E-state index contributed by atoms with van der Waals surface area (Å²) in [5.41, 5.74) is 3.05. The van der Waals surface area contributed by atoms with E-state index in [0.717, 1.165) is 4.70 Å². The fourth-order valence-corrected chi connectivity index (χ4v) is 4.29. The molecule has 7 nitrogen and oxygen atoms in total. The molecule has 0 spiro atoms. The molecule has 1 aromatic heterocycles. The quantitative estimate of drug-likeness (QED) is 0.306. The molecule has 26 heavy (non-hydrogen) atoms. The Labute approximate surface area is 167 Å². The van der Waals surface area contributed by atoms with Gasteiger partial charge in [-0.3, -0.25) is 14.9 Å². The van der Waals surface area contributed by atoms with Crippen LogP contribution in [0.5, 0.6) is 5.75 Å². The predicted octanol–water partition coefficient (Wildman–Crippen LogP) is 4.80. The monoisotopic (exact) mass is 497 g/mol. The third kappa shape index (κ3) is 3.92. The molecule has 0 aliphatic heterocycles. The highest BCUT2D eigenvalue weighted by Crippen LogP contribution is 2.33. The summed E-state index contributed by atoms with van der Waals surface area (Å²) >= 11 is 7.65. The number of nitrogens with one attached hydrogen (secondary N) is 1. The van der Waals surface area contributed by atoms with Crippen molar-refractivity contribution in [2.24, 2.45) is 5.10 Å². The van der Waals surface area contributed by atoms with E-state index in [1.807, 2.05) is 0 Å². The number of phenolic OH excluding ortho intramolecular Hbond substituents is 1. The van der Waals surface area contributed by atoms with Crippen molar-refractivity contribution in [3.63, 3.8) is 0 Å². The molecular formula is C16H9Br2N3O4S. The van der Waals surface area contributed by atoms with Gasteiger partial charge in [0, 0.05) is 22.2 Å². The summed E-state index contributed by atoms with van der Waals surface area (Å²) in [6, 6.07) is 9.33. The number of hydrogen-bond acceptors (Lipinski definition) is 6. The van der Waals surface area contributed by atoms with E-state index < -0.39 is 10.8 Å². The van der Waals surface area contributed by atoms with E-state index in [1.165, 1.54) is 29.7 Å². The van der Waals surface area contributed by atoms with Gasteiger partial charge < -0.3 is 5.11 Å². The number of hydrogen-bond donors (Lipinski definition) is 2. The van der Waals surface area contributed by atoms with Crippen LogP contribution in [0.4, 0.5) is 5.69 Å². The number of hydrazone groups is 1. The standard InChI is InChI=1S/C16H9Br2N3O4S/c17-11-3-8(4-12(18)15(11)22)7-19-20-16(23)14-6-9-5-10(21(24)25)1-2-13(9)26-14/h1-7,22H,(H,20,23)/b19-7-. The van der Waals surface area contributed by atoms with Crippen LogP contribution in [0.3, 0.4) is 0 Å². The molecule has 2 N–H and O–H groups in total. The topological polar surface area (TPSA) is 105 Å². The highest BCUT2D eigenvalue weighted by atomic mass is 79.9. The highest BCUT2D eigenvalue weighted by Gasteiger charge is 2.13. The summed E-state index contributed by atoms with van der Waals surface area (Å²) in [7, 11) is 0. The SMILES string of the molecule is O=C(N/N=C\c1cc(Br)c(O)c(Br)c1)c1cc2cc([N+](=O)[O-])ccc2s1. The predicted molar refractivity (Wildman–Crippen MR) is 107 cm³/mol. The lowest BCUT2D eigenvalue weighted by Crippen LogP contribution is -2.16. The molecule has 0 fully saturated rings. The van der Waals surface area contributed by atoms with Crippen LogP contribution in [-0.4, -0.2) is 22.2 Å². The average molecular weight is 499 g/mol. The number of carbonyl (C=O) groups excluding carboxylic acids is 1. The molecule has 0 aliphatic carbocycles. The van der Waals surface area contributed by atoms with E-state index in [1.54, 1.807) is 24.3 Å². The Morgan fingerprint density at radius 2 is 1.92 bits per heavy atom. The van der Waals surface area contributed by atoms with Crippen molar-refractivity contribution in [1.82, 2.24) is 5.43 Å². The lowest BCUT2D eigenvalue weighted by molar-refractivity contribution is -0.384. The summed E-state index contributed by atoms with van der Waals surface area (Å²) in [5, 5.41) is 25.0. The Balaban J connectivity index is 1.76. The zero-order chi connectivity index (χ0) is 18.8. The lowest BCUT2D eigenvalue weighted by atomic mass is 10.2. The van der Waals surface area contributed by atoms with Gasteiger partial charge in [-0.2, -0.15) is 5.10 Å². The van der Waals surface area contributed by atoms with Gasteiger partial charge in [0.1, 0.15) is 5.75 Å². The molecular weight excluding hydrogens is 490 g/mol. The first kappa shape index (κ1) is 18.5. The molecule has 10 heteroatoms. The van der Waals surface area contributed by atoms with Crippen molar-refractivity contribution in [1.29, 1.82) is 0 Å². The number of phenols is 1. The zero-order valence-corrected chi connectivity index (χ0v) is 16.8. The van der Waals surface area contributed by atoms with Crippen molar-refractivity contribution < 1.29 is 14.8 Å². The first-order valence-corrected chi connectivity index (χ1v) is 9.45. The van der Waals surface area contributed by atoms with Crippen molar-refractivity contribution in [3.8, 4) is 5.75 Å². The zero-order valence-electron chi connectivity index (χ0n) is 12.8. The number of amides is 1. The second-order valence-electron chi connectivity index (χ2n) is 5.12. The van der Waals surface area contributed by atoms with Crippen LogP contribution < -0.4 is 5.43 Å². The molecule has 0 unspecified atom stereocenters. The van der Waals surface area contributed by atoms with E-state index in [-0.39, 0.29) is 11.4 Å². The molecule has 0 saturated heterocycles.